The number of nitrogens with two attached hydrogens (primary N) is 2. The van der Waals surface area contributed by atoms with E-state index in [1.165, 1.54) is 0 Å². The van der Waals surface area contributed by atoms with Crippen LogP contribution in [0, 0.1) is 0 Å². The molecule has 240 valence electrons. The van der Waals surface area contributed by atoms with E-state index in [0.717, 1.165) is 0 Å². The molecule has 0 spiro atoms. The molecular formula is C21H17F10N3O7S2. The van der Waals surface area contributed by atoms with E-state index >= 15 is 0 Å². The molecule has 22 heteroatoms. The minimum Gasteiger partial charge on any atom is -0.478 e. The molecule has 0 bridgehead atoms. The first-order chi connectivity index (χ1) is 19.0. The number of aliphatic imine (C=N–C) groups is 1. The summed E-state index contributed by atoms with van der Waals surface area (Å²) in [6.45, 7) is 0. The van der Waals surface area contributed by atoms with Crippen molar-refractivity contribution < 1.29 is 75.4 Å². The predicted octanol–water partition coefficient (Wildman–Crippen LogP) is 3.60. The van der Waals surface area contributed by atoms with Gasteiger partial charge in [-0.2, -0.15) is 48.9 Å². The van der Waals surface area contributed by atoms with E-state index in [-0.39, 0.29) is 18.2 Å². The van der Waals surface area contributed by atoms with E-state index < -0.39 is 93.8 Å². The lowest BCUT2D eigenvalue weighted by atomic mass is 10.1. The average Bonchev–Trinajstić information content (AvgIpc) is 2.80. The third-order valence-corrected chi connectivity index (χ3v) is 7.15. The van der Waals surface area contributed by atoms with Gasteiger partial charge in [-0.25, -0.2) is 21.6 Å². The van der Waals surface area contributed by atoms with Crippen LogP contribution >= 0.6 is 0 Å². The maximum atomic E-state index is 13.5. The molecule has 0 heterocycles. The number of carboxylic acids is 1. The molecule has 2 rings (SSSR count). The first kappa shape index (κ1) is 37.1. The maximum absolute atomic E-state index is 13.5. The number of amides is 1. The standard InChI is InChI=1S/C11H10F5N3O3S.C10H7F5O4S/c1-23(21,22)7-4-5(8(20)19-9(17)18)2-3-6(7)10(12,13)11(14,15)16;1-20(18,19)7-4-5(8(16)17)2-3-6(7)9(11,12)10(13,14)15/h2-4H,1H3,(H4,17,18,19,20);2-4H,1H3,(H,16,17). The number of carbonyl (C=O) groups excluding carboxylic acids is 1. The number of carbonyl (C=O) groups is 2. The highest BCUT2D eigenvalue weighted by Gasteiger charge is 2.61. The van der Waals surface area contributed by atoms with Gasteiger partial charge in [0.15, 0.2) is 25.6 Å². The highest BCUT2D eigenvalue weighted by molar-refractivity contribution is 7.91. The molecule has 0 aliphatic rings. The van der Waals surface area contributed by atoms with Crippen molar-refractivity contribution in [1.82, 2.24) is 0 Å². The SMILES string of the molecule is CS(=O)(=O)c1cc(C(=O)N=C(N)N)ccc1C(F)(F)C(F)(F)F.CS(=O)(=O)c1cc(C(=O)O)ccc1C(F)(F)C(F)(F)F. The minimum atomic E-state index is -6.02. The van der Waals surface area contributed by atoms with Crippen LogP contribution in [0.1, 0.15) is 31.8 Å². The molecule has 0 radical (unpaired) electrons. The molecule has 0 aromatic heterocycles. The van der Waals surface area contributed by atoms with Crippen LogP contribution in [0.25, 0.3) is 0 Å². The summed E-state index contributed by atoms with van der Waals surface area (Å²) >= 11 is 0. The van der Waals surface area contributed by atoms with E-state index in [9.17, 15) is 70.3 Å². The minimum absolute atomic E-state index is 0.146. The largest absolute Gasteiger partial charge is 0.478 e. The Balaban J connectivity index is 0.000000434. The Labute approximate surface area is 234 Å². The van der Waals surface area contributed by atoms with Crippen molar-refractivity contribution in [3.63, 3.8) is 0 Å². The molecule has 2 aromatic carbocycles. The zero-order chi connectivity index (χ0) is 34.1. The second kappa shape index (κ2) is 12.0. The van der Waals surface area contributed by atoms with Crippen LogP contribution in [0.3, 0.4) is 0 Å². The van der Waals surface area contributed by atoms with Gasteiger partial charge in [0.1, 0.15) is 0 Å². The zero-order valence-corrected chi connectivity index (χ0v) is 22.7. The summed E-state index contributed by atoms with van der Waals surface area (Å²) in [5.74, 6) is -14.4. The second-order valence-corrected chi connectivity index (χ2v) is 12.2. The molecule has 0 fully saturated rings. The Morgan fingerprint density at radius 1 is 0.674 bits per heavy atom. The highest BCUT2D eigenvalue weighted by atomic mass is 32.2. The van der Waals surface area contributed by atoms with Crippen molar-refractivity contribution in [2.45, 2.75) is 34.0 Å². The molecule has 43 heavy (non-hydrogen) atoms. The van der Waals surface area contributed by atoms with Gasteiger partial charge in [-0.15, -0.1) is 0 Å². The van der Waals surface area contributed by atoms with Crippen LogP contribution in [0.4, 0.5) is 43.9 Å². The zero-order valence-electron chi connectivity index (χ0n) is 21.1. The van der Waals surface area contributed by atoms with Crippen LogP contribution in [-0.4, -0.2) is 64.6 Å². The molecule has 0 aliphatic carbocycles. The quantitative estimate of drug-likeness (QED) is 0.233. The molecule has 2 aromatic rings. The molecule has 1 amide bonds. The molecule has 0 aliphatic heterocycles. The van der Waals surface area contributed by atoms with Gasteiger partial charge in [0, 0.05) is 29.2 Å². The van der Waals surface area contributed by atoms with Gasteiger partial charge in [0.05, 0.1) is 15.4 Å². The number of rotatable bonds is 6. The van der Waals surface area contributed by atoms with Gasteiger partial charge in [-0.05, 0) is 24.3 Å². The van der Waals surface area contributed by atoms with Gasteiger partial charge >= 0.3 is 30.2 Å². The number of aromatic carboxylic acids is 1. The Morgan fingerprint density at radius 2 is 1.00 bits per heavy atom. The molecule has 0 atom stereocenters. The first-order valence-electron chi connectivity index (χ1n) is 10.4. The highest BCUT2D eigenvalue weighted by Crippen LogP contribution is 2.47. The number of carboxylic acid groups (broad SMARTS) is 1. The summed E-state index contributed by atoms with van der Waals surface area (Å²) < 4.78 is 173. The smallest absolute Gasteiger partial charge is 0.458 e. The van der Waals surface area contributed by atoms with E-state index in [1.54, 1.807) is 0 Å². The first-order valence-corrected chi connectivity index (χ1v) is 14.2. The Bertz CT molecular complexity index is 1660. The van der Waals surface area contributed by atoms with E-state index in [2.05, 4.69) is 4.99 Å². The average molecular weight is 677 g/mol. The summed E-state index contributed by atoms with van der Waals surface area (Å²) in [5.41, 5.74) is 4.97. The summed E-state index contributed by atoms with van der Waals surface area (Å²) in [4.78, 5) is 22.5. The van der Waals surface area contributed by atoms with Crippen LogP contribution < -0.4 is 11.5 Å². The topological polar surface area (TPSA) is 187 Å². The van der Waals surface area contributed by atoms with E-state index in [4.69, 9.17) is 16.6 Å². The van der Waals surface area contributed by atoms with E-state index in [0.29, 0.717) is 30.7 Å². The summed E-state index contributed by atoms with van der Waals surface area (Å²) in [6.07, 6.45) is -11.2. The molecular weight excluding hydrogens is 660 g/mol. The number of alkyl halides is 10. The molecule has 0 saturated carbocycles. The molecule has 0 saturated heterocycles. The Hall–Kier alpha value is -3.95. The lowest BCUT2D eigenvalue weighted by Gasteiger charge is -2.22. The third-order valence-electron chi connectivity index (χ3n) is 4.88. The van der Waals surface area contributed by atoms with Crippen molar-refractivity contribution in [3.05, 3.63) is 58.7 Å². The van der Waals surface area contributed by atoms with Gasteiger partial charge in [0.25, 0.3) is 5.91 Å². The summed E-state index contributed by atoms with van der Waals surface area (Å²) in [7, 11) is -8.98. The van der Waals surface area contributed by atoms with Gasteiger partial charge < -0.3 is 16.6 Å². The van der Waals surface area contributed by atoms with Gasteiger partial charge in [0.2, 0.25) is 0 Å². The van der Waals surface area contributed by atoms with E-state index in [1.807, 2.05) is 0 Å². The number of guanidine groups is 1. The lowest BCUT2D eigenvalue weighted by molar-refractivity contribution is -0.290. The molecule has 5 N–H and O–H groups in total. The van der Waals surface area contributed by atoms with Crippen molar-refractivity contribution >= 4 is 37.5 Å². The van der Waals surface area contributed by atoms with Crippen molar-refractivity contribution in [3.8, 4) is 0 Å². The Kier molecular flexibility index (Phi) is 10.3. The third kappa shape index (κ3) is 8.55. The van der Waals surface area contributed by atoms with Crippen LogP contribution in [0.5, 0.6) is 0 Å². The molecule has 0 unspecified atom stereocenters. The van der Waals surface area contributed by atoms with Gasteiger partial charge in [-0.3, -0.25) is 4.79 Å². The molecule has 10 nitrogen and oxygen atoms in total. The van der Waals surface area contributed by atoms with Crippen LogP contribution in [-0.2, 0) is 31.5 Å². The summed E-state index contributed by atoms with van der Waals surface area (Å²) in [6, 6.07) is 2.02. The Morgan fingerprint density at radius 3 is 1.28 bits per heavy atom. The number of halogens is 10. The van der Waals surface area contributed by atoms with Gasteiger partial charge in [-0.1, -0.05) is 12.1 Å². The fourth-order valence-electron chi connectivity index (χ4n) is 2.93. The number of hydrogen-bond donors (Lipinski definition) is 3. The van der Waals surface area contributed by atoms with Crippen molar-refractivity contribution in [1.29, 1.82) is 0 Å². The summed E-state index contributed by atoms with van der Waals surface area (Å²) in [5, 5.41) is 8.62. The van der Waals surface area contributed by atoms with Crippen LogP contribution in [0.15, 0.2) is 51.2 Å². The van der Waals surface area contributed by atoms with Crippen LogP contribution in [0.2, 0.25) is 0 Å². The number of benzene rings is 2. The normalized spacial score (nSPS) is 13.0. The predicted molar refractivity (Wildman–Crippen MR) is 126 cm³/mol. The lowest BCUT2D eigenvalue weighted by Crippen LogP contribution is -2.35. The monoisotopic (exact) mass is 677 g/mol. The second-order valence-electron chi connectivity index (χ2n) is 8.26. The van der Waals surface area contributed by atoms with Crippen molar-refractivity contribution in [2.24, 2.45) is 16.5 Å². The number of hydrogen-bond acceptors (Lipinski definition) is 6. The number of sulfone groups is 2. The fraction of sp³-hybridized carbons (Fsp3) is 0.286. The number of nitrogens with zero attached hydrogens (tertiary/aromatic N) is 1. The fourth-order valence-corrected chi connectivity index (χ4v) is 4.80. The maximum Gasteiger partial charge on any atom is 0.458 e. The van der Waals surface area contributed by atoms with Crippen molar-refractivity contribution in [2.75, 3.05) is 12.5 Å².